The number of carbonyl (C=O) groups is 1. The Morgan fingerprint density at radius 3 is 2.52 bits per heavy atom. The molecule has 1 aliphatic heterocycles. The Morgan fingerprint density at radius 1 is 1.16 bits per heavy atom. The summed E-state index contributed by atoms with van der Waals surface area (Å²) >= 11 is 0. The SMILES string of the molecule is Cn1c(=O)n(C(=O)N2CCCC2)c2cnc(-c3ccc(F)cc3)nc21. The van der Waals surface area contributed by atoms with E-state index in [2.05, 4.69) is 9.97 Å². The van der Waals surface area contributed by atoms with Gasteiger partial charge in [-0.25, -0.2) is 28.5 Å². The van der Waals surface area contributed by atoms with E-state index in [-0.39, 0.29) is 11.8 Å². The van der Waals surface area contributed by atoms with Gasteiger partial charge in [-0.3, -0.25) is 4.57 Å². The summed E-state index contributed by atoms with van der Waals surface area (Å²) in [5.41, 5.74) is 0.925. The van der Waals surface area contributed by atoms with E-state index in [0.29, 0.717) is 35.6 Å². The quantitative estimate of drug-likeness (QED) is 0.679. The van der Waals surface area contributed by atoms with Crippen molar-refractivity contribution in [1.29, 1.82) is 0 Å². The monoisotopic (exact) mass is 341 g/mol. The van der Waals surface area contributed by atoms with Crippen LogP contribution < -0.4 is 5.69 Å². The van der Waals surface area contributed by atoms with Crippen molar-refractivity contribution in [3.63, 3.8) is 0 Å². The Kier molecular flexibility index (Phi) is 3.60. The summed E-state index contributed by atoms with van der Waals surface area (Å²) in [5.74, 6) is 0.0217. The van der Waals surface area contributed by atoms with Gasteiger partial charge in [-0.15, -0.1) is 0 Å². The van der Waals surface area contributed by atoms with Crippen molar-refractivity contribution in [1.82, 2.24) is 24.0 Å². The zero-order chi connectivity index (χ0) is 17.6. The first-order chi connectivity index (χ1) is 12.1. The third-order valence-corrected chi connectivity index (χ3v) is 4.46. The first-order valence-electron chi connectivity index (χ1n) is 8.06. The second-order valence-corrected chi connectivity index (χ2v) is 6.06. The molecule has 7 nitrogen and oxygen atoms in total. The Labute approximate surface area is 142 Å². The molecule has 2 aromatic heterocycles. The maximum atomic E-state index is 13.1. The van der Waals surface area contributed by atoms with Crippen molar-refractivity contribution >= 4 is 17.2 Å². The van der Waals surface area contributed by atoms with Crippen molar-refractivity contribution in [3.05, 3.63) is 46.8 Å². The van der Waals surface area contributed by atoms with Gasteiger partial charge in [0.2, 0.25) is 0 Å². The number of likely N-dealkylation sites (tertiary alicyclic amines) is 1. The Hall–Kier alpha value is -3.03. The molecule has 0 aliphatic carbocycles. The van der Waals surface area contributed by atoms with E-state index in [1.165, 1.54) is 22.9 Å². The fraction of sp³-hybridized carbons (Fsp3) is 0.294. The van der Waals surface area contributed by atoms with Crippen molar-refractivity contribution in [2.75, 3.05) is 13.1 Å². The molecule has 0 saturated carbocycles. The molecule has 0 bridgehead atoms. The van der Waals surface area contributed by atoms with Crippen LogP contribution in [0.15, 0.2) is 35.3 Å². The van der Waals surface area contributed by atoms with Crippen LogP contribution in [0.3, 0.4) is 0 Å². The zero-order valence-corrected chi connectivity index (χ0v) is 13.6. The van der Waals surface area contributed by atoms with Crippen LogP contribution in [0, 0.1) is 5.82 Å². The normalized spacial score (nSPS) is 14.4. The lowest BCUT2D eigenvalue weighted by Gasteiger charge is -2.14. The molecule has 8 heteroatoms. The number of rotatable bonds is 1. The molecular weight excluding hydrogens is 325 g/mol. The van der Waals surface area contributed by atoms with Crippen LogP contribution in [0.5, 0.6) is 0 Å². The molecule has 0 spiro atoms. The number of carbonyl (C=O) groups excluding carboxylic acids is 1. The van der Waals surface area contributed by atoms with Gasteiger partial charge in [-0.05, 0) is 37.1 Å². The Balaban J connectivity index is 1.84. The van der Waals surface area contributed by atoms with E-state index < -0.39 is 5.69 Å². The summed E-state index contributed by atoms with van der Waals surface area (Å²) in [6.45, 7) is 1.30. The number of imidazole rings is 1. The average Bonchev–Trinajstić information content (AvgIpc) is 3.23. The number of benzene rings is 1. The van der Waals surface area contributed by atoms with Crippen LogP contribution in [0.25, 0.3) is 22.6 Å². The molecule has 3 heterocycles. The Bertz CT molecular complexity index is 1020. The van der Waals surface area contributed by atoms with E-state index in [1.54, 1.807) is 24.1 Å². The van der Waals surface area contributed by atoms with E-state index >= 15 is 0 Å². The largest absolute Gasteiger partial charge is 0.338 e. The first kappa shape index (κ1) is 15.5. The molecule has 25 heavy (non-hydrogen) atoms. The van der Waals surface area contributed by atoms with E-state index in [1.807, 2.05) is 0 Å². The number of nitrogens with zero attached hydrogens (tertiary/aromatic N) is 5. The number of hydrogen-bond donors (Lipinski definition) is 0. The van der Waals surface area contributed by atoms with Crippen molar-refractivity contribution in [3.8, 4) is 11.4 Å². The highest BCUT2D eigenvalue weighted by atomic mass is 19.1. The van der Waals surface area contributed by atoms with Crippen LogP contribution in [0.1, 0.15) is 12.8 Å². The number of amides is 1. The number of aromatic nitrogens is 4. The fourth-order valence-electron chi connectivity index (χ4n) is 3.09. The highest BCUT2D eigenvalue weighted by Gasteiger charge is 2.25. The molecule has 0 N–H and O–H groups in total. The van der Waals surface area contributed by atoms with Gasteiger partial charge in [-0.1, -0.05) is 0 Å². The summed E-state index contributed by atoms with van der Waals surface area (Å²) in [6.07, 6.45) is 3.35. The van der Waals surface area contributed by atoms with Gasteiger partial charge in [0.1, 0.15) is 11.3 Å². The molecule has 1 amide bonds. The molecule has 1 aromatic carbocycles. The molecule has 4 rings (SSSR count). The van der Waals surface area contributed by atoms with E-state index in [4.69, 9.17) is 0 Å². The molecule has 0 unspecified atom stereocenters. The molecule has 1 saturated heterocycles. The van der Waals surface area contributed by atoms with Crippen LogP contribution in [-0.4, -0.2) is 43.1 Å². The molecule has 1 fully saturated rings. The van der Waals surface area contributed by atoms with Crippen molar-refractivity contribution in [2.24, 2.45) is 7.05 Å². The minimum absolute atomic E-state index is 0.341. The van der Waals surface area contributed by atoms with Crippen LogP contribution >= 0.6 is 0 Å². The van der Waals surface area contributed by atoms with E-state index in [9.17, 15) is 14.0 Å². The Morgan fingerprint density at radius 2 is 1.84 bits per heavy atom. The maximum Gasteiger partial charge on any atom is 0.338 e. The third-order valence-electron chi connectivity index (χ3n) is 4.46. The van der Waals surface area contributed by atoms with E-state index in [0.717, 1.165) is 17.4 Å². The van der Waals surface area contributed by atoms with Gasteiger partial charge in [0.25, 0.3) is 0 Å². The standard InChI is InChI=1S/C17H16FN5O2/c1-21-15-13(23(16(21)24)17(25)22-8-2-3-9-22)10-19-14(20-15)11-4-6-12(18)7-5-11/h4-7,10H,2-3,8-9H2,1H3. The lowest BCUT2D eigenvalue weighted by molar-refractivity contribution is 0.210. The summed E-state index contributed by atoms with van der Waals surface area (Å²) in [6, 6.07) is 5.45. The smallest absolute Gasteiger partial charge is 0.324 e. The molecule has 0 atom stereocenters. The van der Waals surface area contributed by atoms with Gasteiger partial charge < -0.3 is 4.90 Å². The van der Waals surface area contributed by atoms with Gasteiger partial charge in [-0.2, -0.15) is 0 Å². The number of hydrogen-bond acceptors (Lipinski definition) is 4. The lowest BCUT2D eigenvalue weighted by atomic mass is 10.2. The highest BCUT2D eigenvalue weighted by molar-refractivity contribution is 5.88. The van der Waals surface area contributed by atoms with Crippen LogP contribution in [-0.2, 0) is 7.05 Å². The van der Waals surface area contributed by atoms with Gasteiger partial charge in [0.05, 0.1) is 6.20 Å². The fourth-order valence-corrected chi connectivity index (χ4v) is 3.09. The molecule has 1 aliphatic rings. The van der Waals surface area contributed by atoms with Gasteiger partial charge in [0.15, 0.2) is 11.5 Å². The second-order valence-electron chi connectivity index (χ2n) is 6.06. The first-order valence-corrected chi connectivity index (χ1v) is 8.06. The highest BCUT2D eigenvalue weighted by Crippen LogP contribution is 2.19. The molecule has 0 radical (unpaired) electrons. The molecule has 128 valence electrons. The lowest BCUT2D eigenvalue weighted by Crippen LogP contribution is -2.38. The van der Waals surface area contributed by atoms with Crippen molar-refractivity contribution in [2.45, 2.75) is 12.8 Å². The maximum absolute atomic E-state index is 13.1. The number of aryl methyl sites for hydroxylation is 1. The average molecular weight is 341 g/mol. The summed E-state index contributed by atoms with van der Waals surface area (Å²) < 4.78 is 15.5. The second kappa shape index (κ2) is 5.80. The zero-order valence-electron chi connectivity index (χ0n) is 13.6. The molecule has 3 aromatic rings. The summed E-state index contributed by atoms with van der Waals surface area (Å²) in [5, 5.41) is 0. The summed E-state index contributed by atoms with van der Waals surface area (Å²) in [7, 11) is 1.57. The van der Waals surface area contributed by atoms with Gasteiger partial charge >= 0.3 is 11.7 Å². The number of halogens is 1. The predicted molar refractivity (Wildman–Crippen MR) is 89.8 cm³/mol. The summed E-state index contributed by atoms with van der Waals surface area (Å²) in [4.78, 5) is 35.5. The number of fused-ring (bicyclic) bond motifs is 1. The minimum Gasteiger partial charge on any atom is -0.324 e. The molecular formula is C17H16FN5O2. The van der Waals surface area contributed by atoms with Gasteiger partial charge in [0, 0.05) is 25.7 Å². The minimum atomic E-state index is -0.447. The topological polar surface area (TPSA) is 73.0 Å². The predicted octanol–water partition coefficient (Wildman–Crippen LogP) is 2.00. The van der Waals surface area contributed by atoms with Crippen LogP contribution in [0.2, 0.25) is 0 Å². The van der Waals surface area contributed by atoms with Crippen molar-refractivity contribution < 1.29 is 9.18 Å². The third kappa shape index (κ3) is 2.50. The van der Waals surface area contributed by atoms with Crippen LogP contribution in [0.4, 0.5) is 9.18 Å².